The Morgan fingerprint density at radius 1 is 1.35 bits per heavy atom. The molecule has 0 aliphatic heterocycles. The van der Waals surface area contributed by atoms with Crippen molar-refractivity contribution in [2.45, 2.75) is 6.92 Å². The zero-order chi connectivity index (χ0) is 11.8. The SMILES string of the molecule is CC(=O)c1nc(-c2c[nH]c3ccccc23)cs1. The third-order valence-corrected chi connectivity index (χ3v) is 3.61. The van der Waals surface area contributed by atoms with Crippen LogP contribution in [-0.4, -0.2) is 15.8 Å². The van der Waals surface area contributed by atoms with Gasteiger partial charge in [0.05, 0.1) is 5.69 Å². The molecule has 0 saturated heterocycles. The number of thiazole rings is 1. The molecule has 0 fully saturated rings. The first-order chi connectivity index (χ1) is 8.25. The van der Waals surface area contributed by atoms with Gasteiger partial charge in [0.2, 0.25) is 0 Å². The lowest BCUT2D eigenvalue weighted by Gasteiger charge is -1.93. The Labute approximate surface area is 102 Å². The highest BCUT2D eigenvalue weighted by Crippen LogP contribution is 2.29. The van der Waals surface area contributed by atoms with Crippen molar-refractivity contribution >= 4 is 28.0 Å². The van der Waals surface area contributed by atoms with Crippen LogP contribution in [0.25, 0.3) is 22.2 Å². The first kappa shape index (κ1) is 10.2. The van der Waals surface area contributed by atoms with E-state index in [2.05, 4.69) is 9.97 Å². The maximum absolute atomic E-state index is 11.2. The molecular formula is C13H10N2OS. The van der Waals surface area contributed by atoms with E-state index in [0.29, 0.717) is 5.01 Å². The molecule has 3 nitrogen and oxygen atoms in total. The average molecular weight is 242 g/mol. The van der Waals surface area contributed by atoms with Gasteiger partial charge in [0.1, 0.15) is 0 Å². The highest BCUT2D eigenvalue weighted by Gasteiger charge is 2.11. The number of aromatic amines is 1. The van der Waals surface area contributed by atoms with Crippen molar-refractivity contribution in [3.63, 3.8) is 0 Å². The number of para-hydroxylation sites is 1. The van der Waals surface area contributed by atoms with Crippen LogP contribution < -0.4 is 0 Å². The van der Waals surface area contributed by atoms with Crippen LogP contribution in [0.5, 0.6) is 0 Å². The predicted molar refractivity (Wildman–Crippen MR) is 69.4 cm³/mol. The molecular weight excluding hydrogens is 232 g/mol. The molecule has 1 aromatic carbocycles. The lowest BCUT2D eigenvalue weighted by molar-refractivity contribution is 0.101. The summed E-state index contributed by atoms with van der Waals surface area (Å²) in [5.41, 5.74) is 2.99. The minimum Gasteiger partial charge on any atom is -0.360 e. The van der Waals surface area contributed by atoms with E-state index in [-0.39, 0.29) is 5.78 Å². The number of carbonyl (C=O) groups excluding carboxylic acids is 1. The number of hydrogen-bond donors (Lipinski definition) is 1. The summed E-state index contributed by atoms with van der Waals surface area (Å²) in [6.07, 6.45) is 1.93. The summed E-state index contributed by atoms with van der Waals surface area (Å²) >= 11 is 1.39. The quantitative estimate of drug-likeness (QED) is 0.699. The highest BCUT2D eigenvalue weighted by atomic mass is 32.1. The third kappa shape index (κ3) is 1.66. The van der Waals surface area contributed by atoms with Crippen molar-refractivity contribution in [1.29, 1.82) is 0 Å². The van der Waals surface area contributed by atoms with Gasteiger partial charge in [-0.1, -0.05) is 18.2 Å². The second-order valence-electron chi connectivity index (χ2n) is 3.84. The van der Waals surface area contributed by atoms with Gasteiger partial charge < -0.3 is 4.98 Å². The number of aromatic nitrogens is 2. The Bertz CT molecular complexity index is 696. The van der Waals surface area contributed by atoms with Crippen molar-refractivity contribution in [2.75, 3.05) is 0 Å². The van der Waals surface area contributed by atoms with Gasteiger partial charge in [-0.3, -0.25) is 4.79 Å². The first-order valence-electron chi connectivity index (χ1n) is 5.28. The van der Waals surface area contributed by atoms with Gasteiger partial charge in [0.15, 0.2) is 10.8 Å². The minimum atomic E-state index is 0.0149. The number of Topliss-reactive ketones (excluding diaryl/α,β-unsaturated/α-hetero) is 1. The van der Waals surface area contributed by atoms with Gasteiger partial charge in [-0.2, -0.15) is 0 Å². The van der Waals surface area contributed by atoms with Crippen LogP contribution >= 0.6 is 11.3 Å². The molecule has 0 amide bonds. The Kier molecular flexibility index (Phi) is 2.30. The number of ketones is 1. The van der Waals surface area contributed by atoms with Crippen LogP contribution in [0, 0.1) is 0 Å². The molecule has 2 aromatic heterocycles. The van der Waals surface area contributed by atoms with E-state index in [0.717, 1.165) is 22.2 Å². The smallest absolute Gasteiger partial charge is 0.188 e. The van der Waals surface area contributed by atoms with Gasteiger partial charge in [-0.25, -0.2) is 4.98 Å². The second kappa shape index (κ2) is 3.82. The summed E-state index contributed by atoms with van der Waals surface area (Å²) in [5.74, 6) is 0.0149. The van der Waals surface area contributed by atoms with E-state index in [1.165, 1.54) is 18.3 Å². The van der Waals surface area contributed by atoms with Crippen LogP contribution in [0.4, 0.5) is 0 Å². The molecule has 0 saturated carbocycles. The van der Waals surface area contributed by atoms with Crippen molar-refractivity contribution < 1.29 is 4.79 Å². The summed E-state index contributed by atoms with van der Waals surface area (Å²) in [4.78, 5) is 18.8. The van der Waals surface area contributed by atoms with Gasteiger partial charge >= 0.3 is 0 Å². The molecule has 0 unspecified atom stereocenters. The maximum atomic E-state index is 11.2. The molecule has 0 aliphatic rings. The summed E-state index contributed by atoms with van der Waals surface area (Å²) in [5, 5.41) is 3.62. The topological polar surface area (TPSA) is 45.8 Å². The second-order valence-corrected chi connectivity index (χ2v) is 4.70. The number of carbonyl (C=O) groups is 1. The number of rotatable bonds is 2. The molecule has 0 aliphatic carbocycles. The highest BCUT2D eigenvalue weighted by molar-refractivity contribution is 7.12. The van der Waals surface area contributed by atoms with Crippen LogP contribution in [0.1, 0.15) is 16.7 Å². The number of hydrogen-bond acceptors (Lipinski definition) is 3. The Morgan fingerprint density at radius 3 is 2.94 bits per heavy atom. The monoisotopic (exact) mass is 242 g/mol. The fourth-order valence-electron chi connectivity index (χ4n) is 1.84. The molecule has 84 valence electrons. The Hall–Kier alpha value is -1.94. The van der Waals surface area contributed by atoms with Crippen molar-refractivity contribution in [3.05, 3.63) is 40.8 Å². The summed E-state index contributed by atoms with van der Waals surface area (Å²) in [6, 6.07) is 8.06. The van der Waals surface area contributed by atoms with E-state index in [1.807, 2.05) is 35.8 Å². The van der Waals surface area contributed by atoms with E-state index >= 15 is 0 Å². The zero-order valence-electron chi connectivity index (χ0n) is 9.23. The number of nitrogens with one attached hydrogen (secondary N) is 1. The number of nitrogens with zero attached hydrogens (tertiary/aromatic N) is 1. The van der Waals surface area contributed by atoms with Crippen LogP contribution in [-0.2, 0) is 0 Å². The molecule has 0 atom stereocenters. The zero-order valence-corrected chi connectivity index (χ0v) is 10.0. The third-order valence-electron chi connectivity index (χ3n) is 2.67. The molecule has 1 N–H and O–H groups in total. The Morgan fingerprint density at radius 2 is 2.18 bits per heavy atom. The average Bonchev–Trinajstić information content (AvgIpc) is 2.95. The van der Waals surface area contributed by atoms with E-state index < -0.39 is 0 Å². The van der Waals surface area contributed by atoms with Crippen molar-refractivity contribution in [1.82, 2.24) is 9.97 Å². The maximum Gasteiger partial charge on any atom is 0.188 e. The molecule has 0 radical (unpaired) electrons. The number of H-pyrrole nitrogens is 1. The standard InChI is InChI=1S/C13H10N2OS/c1-8(16)13-15-12(7-17-13)10-6-14-11-5-3-2-4-9(10)11/h2-7,14H,1H3. The van der Waals surface area contributed by atoms with Crippen LogP contribution in [0.2, 0.25) is 0 Å². The number of benzene rings is 1. The molecule has 4 heteroatoms. The van der Waals surface area contributed by atoms with Gasteiger partial charge in [-0.15, -0.1) is 11.3 Å². The molecule has 0 spiro atoms. The number of fused-ring (bicyclic) bond motifs is 1. The van der Waals surface area contributed by atoms with Crippen LogP contribution in [0.3, 0.4) is 0 Å². The predicted octanol–water partition coefficient (Wildman–Crippen LogP) is 3.49. The summed E-state index contributed by atoms with van der Waals surface area (Å²) in [6.45, 7) is 1.54. The lowest BCUT2D eigenvalue weighted by atomic mass is 10.1. The van der Waals surface area contributed by atoms with E-state index in [1.54, 1.807) is 0 Å². The van der Waals surface area contributed by atoms with Gasteiger partial charge in [0, 0.05) is 35.0 Å². The first-order valence-corrected chi connectivity index (χ1v) is 6.16. The van der Waals surface area contributed by atoms with Gasteiger partial charge in [-0.05, 0) is 6.07 Å². The van der Waals surface area contributed by atoms with E-state index in [4.69, 9.17) is 0 Å². The largest absolute Gasteiger partial charge is 0.360 e. The lowest BCUT2D eigenvalue weighted by Crippen LogP contribution is -1.89. The fourth-order valence-corrected chi connectivity index (χ4v) is 2.56. The summed E-state index contributed by atoms with van der Waals surface area (Å²) in [7, 11) is 0. The minimum absolute atomic E-state index is 0.0149. The van der Waals surface area contributed by atoms with Crippen molar-refractivity contribution in [2.24, 2.45) is 0 Å². The Balaban J connectivity index is 2.17. The van der Waals surface area contributed by atoms with Gasteiger partial charge in [0.25, 0.3) is 0 Å². The molecule has 3 aromatic rings. The fraction of sp³-hybridized carbons (Fsp3) is 0.0769. The molecule has 0 bridgehead atoms. The molecule has 3 rings (SSSR count). The summed E-state index contributed by atoms with van der Waals surface area (Å²) < 4.78 is 0. The van der Waals surface area contributed by atoms with Crippen LogP contribution in [0.15, 0.2) is 35.8 Å². The molecule has 2 heterocycles. The normalized spacial score (nSPS) is 10.9. The van der Waals surface area contributed by atoms with Crippen molar-refractivity contribution in [3.8, 4) is 11.3 Å². The molecule has 17 heavy (non-hydrogen) atoms. The van der Waals surface area contributed by atoms with E-state index in [9.17, 15) is 4.79 Å².